The number of nitrogens with one attached hydrogen (secondary N) is 2. The number of aromatic nitrogens is 2. The fourth-order valence-corrected chi connectivity index (χ4v) is 3.48. The van der Waals surface area contributed by atoms with Crippen LogP contribution in [0.25, 0.3) is 22.4 Å². The van der Waals surface area contributed by atoms with Crippen molar-refractivity contribution in [1.29, 1.82) is 0 Å². The number of hydrogen-bond acceptors (Lipinski definition) is 4. The first kappa shape index (κ1) is 24.0. The molecule has 0 unspecified atom stereocenters. The third kappa shape index (κ3) is 5.51. The highest BCUT2D eigenvalue weighted by Crippen LogP contribution is 2.33. The van der Waals surface area contributed by atoms with Gasteiger partial charge < -0.3 is 15.0 Å². The summed E-state index contributed by atoms with van der Waals surface area (Å²) in [4.78, 5) is 32.3. The summed E-state index contributed by atoms with van der Waals surface area (Å²) in [5.41, 5.74) is 0.662. The first-order valence-corrected chi connectivity index (χ1v) is 10.9. The van der Waals surface area contributed by atoms with E-state index in [9.17, 15) is 22.8 Å². The number of ether oxygens (including phenoxy) is 1. The highest BCUT2D eigenvalue weighted by Gasteiger charge is 2.35. The molecule has 0 aliphatic rings. The van der Waals surface area contributed by atoms with Crippen molar-refractivity contribution in [1.82, 2.24) is 15.3 Å². The van der Waals surface area contributed by atoms with Crippen molar-refractivity contribution in [3.05, 3.63) is 83.4 Å². The van der Waals surface area contributed by atoms with Crippen molar-refractivity contribution in [3.63, 3.8) is 0 Å². The van der Waals surface area contributed by atoms with Crippen molar-refractivity contribution in [3.8, 4) is 17.1 Å². The van der Waals surface area contributed by atoms with Gasteiger partial charge in [0.2, 0.25) is 0 Å². The Morgan fingerprint density at radius 1 is 1.03 bits per heavy atom. The van der Waals surface area contributed by atoms with Crippen LogP contribution < -0.4 is 10.1 Å². The van der Waals surface area contributed by atoms with E-state index in [2.05, 4.69) is 15.3 Å². The Hall–Kier alpha value is -4.14. The monoisotopic (exact) mass is 481 g/mol. The van der Waals surface area contributed by atoms with E-state index in [1.54, 1.807) is 30.3 Å². The first-order chi connectivity index (χ1) is 16.6. The number of carbonyl (C=O) groups excluding carboxylic acids is 2. The van der Waals surface area contributed by atoms with Crippen LogP contribution in [0.3, 0.4) is 0 Å². The quantitative estimate of drug-likeness (QED) is 0.320. The molecule has 1 amide bonds. The van der Waals surface area contributed by atoms with Gasteiger partial charge in [-0.2, -0.15) is 13.2 Å². The third-order valence-electron chi connectivity index (χ3n) is 5.22. The molecule has 180 valence electrons. The first-order valence-electron chi connectivity index (χ1n) is 10.9. The number of carbonyl (C=O) groups is 2. The predicted octanol–water partition coefficient (Wildman–Crippen LogP) is 6.22. The van der Waals surface area contributed by atoms with Gasteiger partial charge in [-0.05, 0) is 24.1 Å². The molecule has 0 fully saturated rings. The number of imidazole rings is 1. The van der Waals surface area contributed by atoms with Crippen molar-refractivity contribution < 1.29 is 27.5 Å². The SMILES string of the molecule is CC(C)CNC(=O)Oc1ccc2nc(-c3ccc(C(=O)c4ccccc4C(F)(F)F)cc3)[nH]c2c1. The maximum Gasteiger partial charge on any atom is 0.417 e. The lowest BCUT2D eigenvalue weighted by Crippen LogP contribution is -2.30. The molecule has 0 aliphatic heterocycles. The summed E-state index contributed by atoms with van der Waals surface area (Å²) in [6.07, 6.45) is -5.18. The highest BCUT2D eigenvalue weighted by atomic mass is 19.4. The fourth-order valence-electron chi connectivity index (χ4n) is 3.48. The molecule has 0 saturated heterocycles. The molecule has 0 atom stereocenters. The van der Waals surface area contributed by atoms with Crippen LogP contribution in [-0.2, 0) is 6.18 Å². The molecule has 3 aromatic carbocycles. The standard InChI is InChI=1S/C26H22F3N3O3/c1-15(2)14-30-25(34)35-18-11-12-21-22(13-18)32-24(31-21)17-9-7-16(8-10-17)23(33)19-5-3-4-6-20(19)26(27,28)29/h3-13,15H,14H2,1-2H3,(H,30,34)(H,31,32). The van der Waals surface area contributed by atoms with Gasteiger partial charge in [0.05, 0.1) is 16.6 Å². The number of ketones is 1. The molecule has 4 aromatic rings. The van der Waals surface area contributed by atoms with Crippen LogP contribution in [0.2, 0.25) is 0 Å². The molecule has 0 bridgehead atoms. The number of hydrogen-bond donors (Lipinski definition) is 2. The summed E-state index contributed by atoms with van der Waals surface area (Å²) < 4.78 is 45.1. The van der Waals surface area contributed by atoms with Crippen molar-refractivity contribution in [2.45, 2.75) is 20.0 Å². The Labute approximate surface area is 199 Å². The minimum atomic E-state index is -4.63. The van der Waals surface area contributed by atoms with E-state index in [-0.39, 0.29) is 5.56 Å². The lowest BCUT2D eigenvalue weighted by Gasteiger charge is -2.11. The molecule has 2 N–H and O–H groups in total. The number of rotatable bonds is 6. The second-order valence-corrected chi connectivity index (χ2v) is 8.38. The minimum Gasteiger partial charge on any atom is -0.410 e. The number of nitrogens with zero attached hydrogens (tertiary/aromatic N) is 1. The molecule has 0 aliphatic carbocycles. The molecular formula is C26H22F3N3O3. The number of fused-ring (bicyclic) bond motifs is 1. The molecule has 0 saturated carbocycles. The van der Waals surface area contributed by atoms with Gasteiger partial charge in [0.1, 0.15) is 11.6 Å². The van der Waals surface area contributed by atoms with Crippen LogP contribution in [0.4, 0.5) is 18.0 Å². The maximum absolute atomic E-state index is 13.3. The number of halogens is 3. The topological polar surface area (TPSA) is 84.1 Å². The molecule has 0 spiro atoms. The minimum absolute atomic E-state index is 0.129. The number of benzene rings is 3. The summed E-state index contributed by atoms with van der Waals surface area (Å²) in [6, 6.07) is 15.8. The predicted molar refractivity (Wildman–Crippen MR) is 125 cm³/mol. The van der Waals surface area contributed by atoms with E-state index in [0.29, 0.717) is 40.6 Å². The Morgan fingerprint density at radius 3 is 2.43 bits per heavy atom. The summed E-state index contributed by atoms with van der Waals surface area (Å²) in [5, 5.41) is 2.67. The van der Waals surface area contributed by atoms with Crippen LogP contribution in [0.1, 0.15) is 35.3 Å². The summed E-state index contributed by atoms with van der Waals surface area (Å²) in [5.74, 6) is 0.419. The van der Waals surface area contributed by atoms with Gasteiger partial charge in [0.25, 0.3) is 0 Å². The number of alkyl halides is 3. The van der Waals surface area contributed by atoms with Gasteiger partial charge in [0, 0.05) is 29.3 Å². The van der Waals surface area contributed by atoms with Gasteiger partial charge in [-0.1, -0.05) is 56.3 Å². The molecule has 1 aromatic heterocycles. The van der Waals surface area contributed by atoms with Gasteiger partial charge in [0.15, 0.2) is 5.78 Å². The zero-order valence-electron chi connectivity index (χ0n) is 18.9. The molecule has 4 rings (SSSR count). The van der Waals surface area contributed by atoms with Crippen LogP contribution in [0.5, 0.6) is 5.75 Å². The Morgan fingerprint density at radius 2 is 1.74 bits per heavy atom. The smallest absolute Gasteiger partial charge is 0.410 e. The lowest BCUT2D eigenvalue weighted by molar-refractivity contribution is -0.137. The van der Waals surface area contributed by atoms with Crippen LogP contribution >= 0.6 is 0 Å². The van der Waals surface area contributed by atoms with E-state index in [1.165, 1.54) is 30.3 Å². The Kier molecular flexibility index (Phi) is 6.59. The zero-order valence-corrected chi connectivity index (χ0v) is 18.9. The van der Waals surface area contributed by atoms with Crippen molar-refractivity contribution in [2.75, 3.05) is 6.54 Å². The van der Waals surface area contributed by atoms with Crippen LogP contribution in [-0.4, -0.2) is 28.4 Å². The van der Waals surface area contributed by atoms with E-state index in [4.69, 9.17) is 4.74 Å². The van der Waals surface area contributed by atoms with E-state index < -0.39 is 29.2 Å². The summed E-state index contributed by atoms with van der Waals surface area (Å²) >= 11 is 0. The maximum atomic E-state index is 13.3. The fraction of sp³-hybridized carbons (Fsp3) is 0.192. The second kappa shape index (κ2) is 9.61. The Balaban J connectivity index is 1.53. The normalized spacial score (nSPS) is 11.6. The lowest BCUT2D eigenvalue weighted by atomic mass is 9.97. The molecular weight excluding hydrogens is 459 g/mol. The molecule has 1 heterocycles. The van der Waals surface area contributed by atoms with Crippen LogP contribution in [0.15, 0.2) is 66.7 Å². The van der Waals surface area contributed by atoms with E-state index in [0.717, 1.165) is 6.07 Å². The third-order valence-corrected chi connectivity index (χ3v) is 5.22. The molecule has 6 nitrogen and oxygen atoms in total. The number of H-pyrrole nitrogens is 1. The summed E-state index contributed by atoms with van der Waals surface area (Å²) in [7, 11) is 0. The van der Waals surface area contributed by atoms with E-state index in [1.807, 2.05) is 13.8 Å². The number of amides is 1. The highest BCUT2D eigenvalue weighted by molar-refractivity contribution is 6.10. The van der Waals surface area contributed by atoms with Crippen molar-refractivity contribution in [2.24, 2.45) is 5.92 Å². The summed E-state index contributed by atoms with van der Waals surface area (Å²) in [6.45, 7) is 4.44. The van der Waals surface area contributed by atoms with Crippen molar-refractivity contribution >= 4 is 22.9 Å². The van der Waals surface area contributed by atoms with Gasteiger partial charge in [-0.25, -0.2) is 9.78 Å². The second-order valence-electron chi connectivity index (χ2n) is 8.38. The number of aromatic amines is 1. The average Bonchev–Trinajstić information content (AvgIpc) is 3.25. The van der Waals surface area contributed by atoms with Gasteiger partial charge in [-0.15, -0.1) is 0 Å². The molecule has 0 radical (unpaired) electrons. The zero-order chi connectivity index (χ0) is 25.2. The van der Waals surface area contributed by atoms with Crippen LogP contribution in [0, 0.1) is 5.92 Å². The molecule has 35 heavy (non-hydrogen) atoms. The van der Waals surface area contributed by atoms with Gasteiger partial charge >= 0.3 is 12.3 Å². The average molecular weight is 481 g/mol. The van der Waals surface area contributed by atoms with E-state index >= 15 is 0 Å². The Bertz CT molecular complexity index is 1380. The van der Waals surface area contributed by atoms with Gasteiger partial charge in [-0.3, -0.25) is 4.79 Å². The largest absolute Gasteiger partial charge is 0.417 e. The molecule has 9 heteroatoms.